The van der Waals surface area contributed by atoms with E-state index < -0.39 is 12.0 Å². The molecule has 3 aromatic rings. The van der Waals surface area contributed by atoms with Crippen LogP contribution in [0.15, 0.2) is 65.8 Å². The minimum atomic E-state index is -0.769. The van der Waals surface area contributed by atoms with Gasteiger partial charge in [0, 0.05) is 35.8 Å². The summed E-state index contributed by atoms with van der Waals surface area (Å²) in [7, 11) is 0. The van der Waals surface area contributed by atoms with E-state index in [-0.39, 0.29) is 12.5 Å². The third-order valence-electron chi connectivity index (χ3n) is 7.11. The molecular formula is C32H38N4O4S. The van der Waals surface area contributed by atoms with Crippen LogP contribution in [-0.4, -0.2) is 59.8 Å². The Morgan fingerprint density at radius 2 is 1.80 bits per heavy atom. The number of hydrazone groups is 1. The van der Waals surface area contributed by atoms with Gasteiger partial charge in [-0.1, -0.05) is 30.3 Å². The van der Waals surface area contributed by atoms with Crippen molar-refractivity contribution in [3.63, 3.8) is 0 Å². The Hall–Kier alpha value is -3.66. The van der Waals surface area contributed by atoms with E-state index in [4.69, 9.17) is 5.11 Å². The Labute approximate surface area is 245 Å². The molecule has 41 heavy (non-hydrogen) atoms. The number of amides is 2. The van der Waals surface area contributed by atoms with Crippen molar-refractivity contribution in [3.8, 4) is 0 Å². The average molecular weight is 575 g/mol. The predicted molar refractivity (Wildman–Crippen MR) is 167 cm³/mol. The molecule has 8 nitrogen and oxygen atoms in total. The minimum absolute atomic E-state index is 0.279. The largest absolute Gasteiger partial charge is 0.394 e. The van der Waals surface area contributed by atoms with Crippen LogP contribution in [0.4, 0.5) is 11.4 Å². The molecule has 3 aromatic carbocycles. The highest BCUT2D eigenvalue weighted by Gasteiger charge is 2.19. The average Bonchev–Trinajstić information content (AvgIpc) is 2.99. The third kappa shape index (κ3) is 8.66. The summed E-state index contributed by atoms with van der Waals surface area (Å²) in [5, 5.41) is 25.7. The Morgan fingerprint density at radius 1 is 1.00 bits per heavy atom. The molecule has 1 aliphatic rings. The first-order valence-corrected chi connectivity index (χ1v) is 15.1. The number of carbonyl (C=O) groups is 2. The Balaban J connectivity index is 1.52. The topological polar surface area (TPSA) is 114 Å². The van der Waals surface area contributed by atoms with E-state index >= 15 is 0 Å². The number of nitrogens with one attached hydrogen (secondary N) is 2. The molecule has 0 aromatic heterocycles. The van der Waals surface area contributed by atoms with Crippen LogP contribution in [0.1, 0.15) is 62.2 Å². The van der Waals surface area contributed by atoms with Gasteiger partial charge in [-0.3, -0.25) is 9.59 Å². The Bertz CT molecular complexity index is 1390. The van der Waals surface area contributed by atoms with Gasteiger partial charge < -0.3 is 20.4 Å². The van der Waals surface area contributed by atoms with E-state index in [9.17, 15) is 14.7 Å². The predicted octanol–water partition coefficient (Wildman–Crippen LogP) is 4.90. The summed E-state index contributed by atoms with van der Waals surface area (Å²) in [5.41, 5.74) is 8.91. The van der Waals surface area contributed by atoms with Gasteiger partial charge in [0.1, 0.15) is 0 Å². The number of rotatable bonds is 11. The fraction of sp³-hybridized carbons (Fsp3) is 0.344. The number of anilines is 2. The summed E-state index contributed by atoms with van der Waals surface area (Å²) in [5.74, 6) is 0.257. The van der Waals surface area contributed by atoms with Crippen LogP contribution in [0.5, 0.6) is 0 Å². The molecule has 1 fully saturated rings. The maximum Gasteiger partial charge on any atom is 0.273 e. The van der Waals surface area contributed by atoms with Gasteiger partial charge in [0.05, 0.1) is 30.2 Å². The molecule has 0 radical (unpaired) electrons. The molecule has 1 aliphatic heterocycles. The molecule has 0 aliphatic carbocycles. The normalized spacial score (nSPS) is 14.2. The van der Waals surface area contributed by atoms with Crippen molar-refractivity contribution >= 4 is 41.2 Å². The van der Waals surface area contributed by atoms with E-state index in [0.29, 0.717) is 28.3 Å². The molecule has 9 heteroatoms. The molecule has 4 N–H and O–H groups in total. The summed E-state index contributed by atoms with van der Waals surface area (Å²) < 4.78 is 0. The fourth-order valence-corrected chi connectivity index (χ4v) is 5.52. The molecule has 4 rings (SSSR count). The molecule has 0 spiro atoms. The number of benzene rings is 3. The summed E-state index contributed by atoms with van der Waals surface area (Å²) in [4.78, 5) is 28.9. The standard InChI is InChI=1S/C32H38N4O4S/c1-22-9-10-24(15-23(22)2)18-33-35-32(40)29-17-27(36-13-4-3-5-14-36)11-12-30(29)34-31(39)26-8-6-7-25(16-26)20-41-21-28(38)19-37/h6-12,15-18,28,37-38H,3-5,13-14,19-21H2,1-2H3,(H,34,39)(H,35,40). The monoisotopic (exact) mass is 574 g/mol. The number of nitrogens with zero attached hydrogens (tertiary/aromatic N) is 2. The van der Waals surface area contributed by atoms with Gasteiger partial charge in [0.25, 0.3) is 11.8 Å². The minimum Gasteiger partial charge on any atom is -0.394 e. The van der Waals surface area contributed by atoms with E-state index in [1.54, 1.807) is 24.4 Å². The van der Waals surface area contributed by atoms with Crippen molar-refractivity contribution in [3.05, 3.63) is 94.0 Å². The highest BCUT2D eigenvalue weighted by molar-refractivity contribution is 7.98. The summed E-state index contributed by atoms with van der Waals surface area (Å²) in [6.07, 6.45) is 4.25. The van der Waals surface area contributed by atoms with Crippen molar-refractivity contribution in [1.82, 2.24) is 5.43 Å². The highest BCUT2D eigenvalue weighted by atomic mass is 32.2. The zero-order valence-electron chi connectivity index (χ0n) is 23.6. The number of hydrogen-bond donors (Lipinski definition) is 4. The lowest BCUT2D eigenvalue weighted by Crippen LogP contribution is -2.30. The van der Waals surface area contributed by atoms with E-state index in [1.807, 2.05) is 56.3 Å². The van der Waals surface area contributed by atoms with Crippen molar-refractivity contribution < 1.29 is 19.8 Å². The number of hydrogen-bond acceptors (Lipinski definition) is 7. The molecule has 0 saturated carbocycles. The third-order valence-corrected chi connectivity index (χ3v) is 8.26. The zero-order valence-corrected chi connectivity index (χ0v) is 24.4. The number of thioether (sulfide) groups is 1. The zero-order chi connectivity index (χ0) is 29.2. The molecule has 1 atom stereocenters. The van der Waals surface area contributed by atoms with Crippen LogP contribution >= 0.6 is 11.8 Å². The SMILES string of the molecule is Cc1ccc(C=NNC(=O)c2cc(N3CCCCC3)ccc2NC(=O)c2cccc(CSCC(O)CO)c2)cc1C. The van der Waals surface area contributed by atoms with Crippen molar-refractivity contribution in [2.24, 2.45) is 5.10 Å². The molecular weight excluding hydrogens is 536 g/mol. The lowest BCUT2D eigenvalue weighted by molar-refractivity contribution is 0.0956. The van der Waals surface area contributed by atoms with Crippen LogP contribution in [0.3, 0.4) is 0 Å². The number of aryl methyl sites for hydroxylation is 2. The molecule has 1 unspecified atom stereocenters. The first-order valence-electron chi connectivity index (χ1n) is 13.9. The van der Waals surface area contributed by atoms with Crippen LogP contribution in [0.25, 0.3) is 0 Å². The summed E-state index contributed by atoms with van der Waals surface area (Å²) >= 11 is 1.48. The maximum absolute atomic E-state index is 13.3. The molecule has 1 saturated heterocycles. The first kappa shape index (κ1) is 30.3. The van der Waals surface area contributed by atoms with Crippen LogP contribution in [0.2, 0.25) is 0 Å². The van der Waals surface area contributed by atoms with Gasteiger partial charge in [-0.15, -0.1) is 0 Å². The van der Waals surface area contributed by atoms with E-state index in [0.717, 1.165) is 48.3 Å². The molecule has 0 bridgehead atoms. The lowest BCUT2D eigenvalue weighted by Gasteiger charge is -2.29. The second-order valence-corrected chi connectivity index (χ2v) is 11.4. The van der Waals surface area contributed by atoms with Gasteiger partial charge in [0.2, 0.25) is 0 Å². The Kier molecular flexibility index (Phi) is 11.0. The van der Waals surface area contributed by atoms with Crippen LogP contribution in [0, 0.1) is 13.8 Å². The second-order valence-electron chi connectivity index (χ2n) is 10.3. The number of aliphatic hydroxyl groups excluding tert-OH is 2. The first-order chi connectivity index (χ1) is 19.8. The van der Waals surface area contributed by atoms with Gasteiger partial charge >= 0.3 is 0 Å². The quantitative estimate of drug-likeness (QED) is 0.191. The van der Waals surface area contributed by atoms with Gasteiger partial charge in [-0.25, -0.2) is 5.43 Å². The number of piperidine rings is 1. The fourth-order valence-electron chi connectivity index (χ4n) is 4.61. The summed E-state index contributed by atoms with van der Waals surface area (Å²) in [6.45, 7) is 5.65. The summed E-state index contributed by atoms with van der Waals surface area (Å²) in [6, 6.07) is 18.7. The van der Waals surface area contributed by atoms with Gasteiger partial charge in [-0.05, 0) is 85.7 Å². The van der Waals surface area contributed by atoms with Crippen molar-refractivity contribution in [1.29, 1.82) is 0 Å². The van der Waals surface area contributed by atoms with Crippen LogP contribution in [-0.2, 0) is 5.75 Å². The van der Waals surface area contributed by atoms with Gasteiger partial charge in [0.15, 0.2) is 0 Å². The van der Waals surface area contributed by atoms with Crippen LogP contribution < -0.4 is 15.6 Å². The maximum atomic E-state index is 13.3. The van der Waals surface area contributed by atoms with Crippen molar-refractivity contribution in [2.75, 3.05) is 35.7 Å². The molecule has 1 heterocycles. The molecule has 2 amide bonds. The Morgan fingerprint density at radius 3 is 2.56 bits per heavy atom. The number of carbonyl (C=O) groups excluding carboxylic acids is 2. The van der Waals surface area contributed by atoms with Crippen molar-refractivity contribution in [2.45, 2.75) is 45.0 Å². The number of aliphatic hydroxyl groups is 2. The smallest absolute Gasteiger partial charge is 0.273 e. The van der Waals surface area contributed by atoms with Gasteiger partial charge in [-0.2, -0.15) is 16.9 Å². The van der Waals surface area contributed by atoms with E-state index in [2.05, 4.69) is 20.7 Å². The lowest BCUT2D eigenvalue weighted by atomic mass is 10.1. The second kappa shape index (κ2) is 14.8. The highest BCUT2D eigenvalue weighted by Crippen LogP contribution is 2.27. The van der Waals surface area contributed by atoms with E-state index in [1.165, 1.54) is 23.7 Å². The molecule has 216 valence electrons.